The van der Waals surface area contributed by atoms with Crippen molar-refractivity contribution < 1.29 is 14.3 Å². The molecule has 0 aromatic heterocycles. The van der Waals surface area contributed by atoms with Crippen LogP contribution in [0.5, 0.6) is 11.5 Å². The maximum Gasteiger partial charge on any atom is 0.260 e. The summed E-state index contributed by atoms with van der Waals surface area (Å²) in [7, 11) is 0. The lowest BCUT2D eigenvalue weighted by Gasteiger charge is -2.15. The average Bonchev–Trinajstić information content (AvgIpc) is 2.64. The van der Waals surface area contributed by atoms with Crippen LogP contribution in [0.15, 0.2) is 48.5 Å². The third kappa shape index (κ3) is 6.43. The Balaban J connectivity index is 1.74. The van der Waals surface area contributed by atoms with Crippen molar-refractivity contribution in [3.8, 4) is 11.5 Å². The van der Waals surface area contributed by atoms with Gasteiger partial charge in [-0.1, -0.05) is 37.3 Å². The molecule has 0 aliphatic carbocycles. The van der Waals surface area contributed by atoms with Crippen LogP contribution in [0.25, 0.3) is 0 Å². The monoisotopic (exact) mass is 355 g/mol. The summed E-state index contributed by atoms with van der Waals surface area (Å²) in [5.41, 5.74) is 2.29. The highest BCUT2D eigenvalue weighted by atomic mass is 16.5. The van der Waals surface area contributed by atoms with Gasteiger partial charge in [-0.3, -0.25) is 4.79 Å². The van der Waals surface area contributed by atoms with Crippen LogP contribution in [0.2, 0.25) is 0 Å². The Labute approximate surface area is 156 Å². The van der Waals surface area contributed by atoms with Crippen LogP contribution in [0.1, 0.15) is 37.8 Å². The fourth-order valence-corrected chi connectivity index (χ4v) is 2.64. The van der Waals surface area contributed by atoms with Crippen molar-refractivity contribution in [2.75, 3.05) is 13.2 Å². The first-order valence-corrected chi connectivity index (χ1v) is 9.32. The van der Waals surface area contributed by atoms with Gasteiger partial charge in [0.2, 0.25) is 0 Å². The number of benzene rings is 2. The molecule has 1 N–H and O–H groups in total. The zero-order valence-corrected chi connectivity index (χ0v) is 16.0. The molecule has 0 heterocycles. The number of para-hydroxylation sites is 1. The van der Waals surface area contributed by atoms with E-state index in [1.54, 1.807) is 6.92 Å². The van der Waals surface area contributed by atoms with E-state index in [4.69, 9.17) is 9.47 Å². The molecule has 0 aliphatic rings. The molecule has 140 valence electrons. The maximum atomic E-state index is 12.2. The van der Waals surface area contributed by atoms with Gasteiger partial charge < -0.3 is 14.8 Å². The predicted octanol–water partition coefficient (Wildman–Crippen LogP) is 4.30. The lowest BCUT2D eigenvalue weighted by molar-refractivity contribution is -0.127. The number of aryl methyl sites for hydroxylation is 2. The summed E-state index contributed by atoms with van der Waals surface area (Å²) in [6.45, 7) is 7.20. The molecule has 4 heteroatoms. The summed E-state index contributed by atoms with van der Waals surface area (Å²) in [5, 5.41) is 2.95. The van der Waals surface area contributed by atoms with Gasteiger partial charge >= 0.3 is 0 Å². The second-order valence-electron chi connectivity index (χ2n) is 6.43. The van der Waals surface area contributed by atoms with E-state index < -0.39 is 6.10 Å². The molecule has 0 fully saturated rings. The fraction of sp³-hybridized carbons (Fsp3) is 0.409. The van der Waals surface area contributed by atoms with Gasteiger partial charge in [0, 0.05) is 6.54 Å². The number of hydrogen-bond donors (Lipinski definition) is 1. The first kappa shape index (κ1) is 19.8. The zero-order chi connectivity index (χ0) is 18.8. The first-order valence-electron chi connectivity index (χ1n) is 9.32. The zero-order valence-electron chi connectivity index (χ0n) is 16.0. The molecule has 0 unspecified atom stereocenters. The minimum absolute atomic E-state index is 0.0953. The number of hydrogen-bond acceptors (Lipinski definition) is 3. The number of rotatable bonds is 10. The summed E-state index contributed by atoms with van der Waals surface area (Å²) in [6, 6.07) is 15.8. The molecule has 4 nitrogen and oxygen atoms in total. The molecule has 0 saturated carbocycles. The van der Waals surface area contributed by atoms with E-state index in [-0.39, 0.29) is 5.91 Å². The molecular weight excluding hydrogens is 326 g/mol. The molecular formula is C22H29NO3. The Morgan fingerprint density at radius 1 is 1.15 bits per heavy atom. The van der Waals surface area contributed by atoms with E-state index >= 15 is 0 Å². The Hall–Kier alpha value is -2.49. The minimum atomic E-state index is -0.517. The smallest absolute Gasteiger partial charge is 0.260 e. The molecule has 1 atom stereocenters. The lowest BCUT2D eigenvalue weighted by atomic mass is 10.1. The quantitative estimate of drug-likeness (QED) is 0.647. The molecule has 0 spiro atoms. The highest BCUT2D eigenvalue weighted by molar-refractivity contribution is 5.80. The largest absolute Gasteiger partial charge is 0.493 e. The number of carbonyl (C=O) groups is 1. The van der Waals surface area contributed by atoms with Gasteiger partial charge in [0.05, 0.1) is 6.61 Å². The Morgan fingerprint density at radius 2 is 1.96 bits per heavy atom. The predicted molar refractivity (Wildman–Crippen MR) is 105 cm³/mol. The lowest BCUT2D eigenvalue weighted by Crippen LogP contribution is -2.36. The topological polar surface area (TPSA) is 47.6 Å². The molecule has 26 heavy (non-hydrogen) atoms. The third-order valence-corrected chi connectivity index (χ3v) is 4.03. The van der Waals surface area contributed by atoms with Gasteiger partial charge in [-0.2, -0.15) is 0 Å². The summed E-state index contributed by atoms with van der Waals surface area (Å²) in [4.78, 5) is 12.2. The van der Waals surface area contributed by atoms with E-state index in [0.717, 1.165) is 42.9 Å². The van der Waals surface area contributed by atoms with Crippen LogP contribution in [-0.4, -0.2) is 25.2 Å². The van der Waals surface area contributed by atoms with E-state index in [2.05, 4.69) is 18.3 Å². The second kappa shape index (κ2) is 10.5. The van der Waals surface area contributed by atoms with Crippen molar-refractivity contribution in [2.45, 2.75) is 46.1 Å². The molecule has 0 bridgehead atoms. The van der Waals surface area contributed by atoms with Gasteiger partial charge in [0.25, 0.3) is 5.91 Å². The van der Waals surface area contributed by atoms with E-state index in [9.17, 15) is 4.79 Å². The van der Waals surface area contributed by atoms with Crippen LogP contribution < -0.4 is 14.8 Å². The fourth-order valence-electron chi connectivity index (χ4n) is 2.64. The molecule has 0 radical (unpaired) electrons. The standard InChI is InChI=1S/C22H29NO3/c1-4-15-25-21-13-6-5-10-19(21)11-8-14-23-22(24)18(3)26-20-12-7-9-17(2)16-20/h5-7,9-10,12-13,16,18H,4,8,11,14-15H2,1-3H3,(H,23,24)/t18-/m0/s1. The normalized spacial score (nSPS) is 11.7. The van der Waals surface area contributed by atoms with Crippen molar-refractivity contribution in [3.05, 3.63) is 59.7 Å². The molecule has 0 aliphatic heterocycles. The number of amides is 1. The molecule has 0 saturated heterocycles. The molecule has 1 amide bonds. The Morgan fingerprint density at radius 3 is 2.73 bits per heavy atom. The molecule has 2 aromatic rings. The van der Waals surface area contributed by atoms with E-state index in [1.165, 1.54) is 5.56 Å². The second-order valence-corrected chi connectivity index (χ2v) is 6.43. The summed E-state index contributed by atoms with van der Waals surface area (Å²) < 4.78 is 11.5. The van der Waals surface area contributed by atoms with Crippen molar-refractivity contribution in [3.63, 3.8) is 0 Å². The van der Waals surface area contributed by atoms with Crippen molar-refractivity contribution >= 4 is 5.91 Å². The highest BCUT2D eigenvalue weighted by Gasteiger charge is 2.14. The third-order valence-electron chi connectivity index (χ3n) is 4.03. The Kier molecular flexibility index (Phi) is 8.00. The molecule has 2 rings (SSSR count). The Bertz CT molecular complexity index is 699. The first-order chi connectivity index (χ1) is 12.6. The van der Waals surface area contributed by atoms with E-state index in [0.29, 0.717) is 6.54 Å². The van der Waals surface area contributed by atoms with Crippen molar-refractivity contribution in [1.29, 1.82) is 0 Å². The summed E-state index contributed by atoms with van der Waals surface area (Å²) in [6.07, 6.45) is 2.20. The number of nitrogens with one attached hydrogen (secondary N) is 1. The van der Waals surface area contributed by atoms with Gasteiger partial charge in [0.15, 0.2) is 6.10 Å². The van der Waals surface area contributed by atoms with Gasteiger partial charge in [-0.15, -0.1) is 0 Å². The summed E-state index contributed by atoms with van der Waals surface area (Å²) >= 11 is 0. The van der Waals surface area contributed by atoms with Gasteiger partial charge in [-0.05, 0) is 62.4 Å². The van der Waals surface area contributed by atoms with Gasteiger partial charge in [0.1, 0.15) is 11.5 Å². The maximum absolute atomic E-state index is 12.2. The van der Waals surface area contributed by atoms with Gasteiger partial charge in [-0.25, -0.2) is 0 Å². The van der Waals surface area contributed by atoms with Crippen molar-refractivity contribution in [2.24, 2.45) is 0 Å². The van der Waals surface area contributed by atoms with Crippen LogP contribution in [0, 0.1) is 6.92 Å². The van der Waals surface area contributed by atoms with E-state index in [1.807, 2.05) is 49.4 Å². The van der Waals surface area contributed by atoms with Crippen LogP contribution in [0.4, 0.5) is 0 Å². The van der Waals surface area contributed by atoms with Crippen LogP contribution in [-0.2, 0) is 11.2 Å². The van der Waals surface area contributed by atoms with Crippen LogP contribution in [0.3, 0.4) is 0 Å². The van der Waals surface area contributed by atoms with Crippen molar-refractivity contribution in [1.82, 2.24) is 5.32 Å². The van der Waals surface area contributed by atoms with Crippen LogP contribution >= 0.6 is 0 Å². The number of ether oxygens (including phenoxy) is 2. The highest BCUT2D eigenvalue weighted by Crippen LogP contribution is 2.19. The SMILES string of the molecule is CCCOc1ccccc1CCCNC(=O)[C@H](C)Oc1cccc(C)c1. The number of carbonyl (C=O) groups excluding carboxylic acids is 1. The molecule has 2 aromatic carbocycles. The minimum Gasteiger partial charge on any atom is -0.493 e. The average molecular weight is 355 g/mol. The summed E-state index contributed by atoms with van der Waals surface area (Å²) in [5.74, 6) is 1.56.